The highest BCUT2D eigenvalue weighted by molar-refractivity contribution is 5.39. The van der Waals surface area contributed by atoms with E-state index in [9.17, 15) is 0 Å². The van der Waals surface area contributed by atoms with E-state index in [0.717, 1.165) is 12.0 Å². The van der Waals surface area contributed by atoms with E-state index < -0.39 is 0 Å². The van der Waals surface area contributed by atoms with Crippen molar-refractivity contribution in [1.82, 2.24) is 15.6 Å². The number of H-pyrrole nitrogens is 1. The van der Waals surface area contributed by atoms with E-state index in [1.165, 1.54) is 0 Å². The first-order valence-electron chi connectivity index (χ1n) is 4.40. The lowest BCUT2D eigenvalue weighted by Gasteiger charge is -2.16. The largest absolute Gasteiger partial charge is 0.384 e. The molecule has 0 fully saturated rings. The van der Waals surface area contributed by atoms with Gasteiger partial charge in [0.2, 0.25) is 0 Å². The number of nitrogens with two attached hydrogens (primary N) is 2. The summed E-state index contributed by atoms with van der Waals surface area (Å²) in [6.07, 6.45) is 2.66. The summed E-state index contributed by atoms with van der Waals surface area (Å²) in [5.41, 5.74) is 9.36. The molecule has 0 bridgehead atoms. The van der Waals surface area contributed by atoms with Crippen LogP contribution in [0.5, 0.6) is 0 Å². The molecule has 5 nitrogen and oxygen atoms in total. The highest BCUT2D eigenvalue weighted by Gasteiger charge is 2.15. The third-order valence-electron chi connectivity index (χ3n) is 1.98. The molecular weight excluding hydrogens is 166 g/mol. The van der Waals surface area contributed by atoms with Crippen LogP contribution in [0.4, 0.5) is 5.82 Å². The van der Waals surface area contributed by atoms with Crippen molar-refractivity contribution >= 4 is 5.82 Å². The molecule has 0 spiro atoms. The predicted molar refractivity (Wildman–Crippen MR) is 52.5 cm³/mol. The van der Waals surface area contributed by atoms with Crippen LogP contribution < -0.4 is 17.0 Å². The maximum absolute atomic E-state index is 5.68. The zero-order valence-electron chi connectivity index (χ0n) is 8.04. The van der Waals surface area contributed by atoms with Crippen molar-refractivity contribution in [3.05, 3.63) is 11.8 Å². The van der Waals surface area contributed by atoms with Gasteiger partial charge in [-0.15, -0.1) is 0 Å². The maximum Gasteiger partial charge on any atom is 0.123 e. The summed E-state index contributed by atoms with van der Waals surface area (Å²) < 4.78 is 0. The fourth-order valence-corrected chi connectivity index (χ4v) is 1.34. The van der Waals surface area contributed by atoms with Crippen LogP contribution in [-0.2, 0) is 0 Å². The normalized spacial score (nSPS) is 13.5. The van der Waals surface area contributed by atoms with Crippen molar-refractivity contribution in [3.63, 3.8) is 0 Å². The Labute approximate surface area is 77.9 Å². The Morgan fingerprint density at radius 2 is 2.31 bits per heavy atom. The van der Waals surface area contributed by atoms with Crippen molar-refractivity contribution in [2.45, 2.75) is 26.3 Å². The Morgan fingerprint density at radius 3 is 2.69 bits per heavy atom. The van der Waals surface area contributed by atoms with Crippen molar-refractivity contribution in [1.29, 1.82) is 0 Å². The minimum Gasteiger partial charge on any atom is -0.384 e. The van der Waals surface area contributed by atoms with Gasteiger partial charge >= 0.3 is 0 Å². The summed E-state index contributed by atoms with van der Waals surface area (Å²) in [5, 5.41) is 6.54. The quantitative estimate of drug-likeness (QED) is 0.405. The molecule has 5 heteroatoms. The summed E-state index contributed by atoms with van der Waals surface area (Å²) in [6, 6.07) is 0.0822. The molecule has 1 aromatic rings. The van der Waals surface area contributed by atoms with Gasteiger partial charge in [0.15, 0.2) is 0 Å². The Bertz CT molecular complexity index is 255. The average Bonchev–Trinajstić information content (AvgIpc) is 2.47. The SMILES string of the molecule is CC(C)CC(NN)c1cn[nH]c1N. The zero-order valence-corrected chi connectivity index (χ0v) is 8.04. The first-order chi connectivity index (χ1) is 6.15. The number of hydrogen-bond acceptors (Lipinski definition) is 4. The lowest BCUT2D eigenvalue weighted by Crippen LogP contribution is -2.29. The molecule has 0 aliphatic carbocycles. The zero-order chi connectivity index (χ0) is 9.84. The third-order valence-corrected chi connectivity index (χ3v) is 1.98. The van der Waals surface area contributed by atoms with Crippen LogP contribution in [0.3, 0.4) is 0 Å². The molecule has 0 saturated heterocycles. The summed E-state index contributed by atoms with van der Waals surface area (Å²) in [7, 11) is 0. The third kappa shape index (κ3) is 2.43. The number of nitrogens with zero attached hydrogens (tertiary/aromatic N) is 1. The molecule has 0 aliphatic rings. The van der Waals surface area contributed by atoms with Gasteiger partial charge in [0.25, 0.3) is 0 Å². The van der Waals surface area contributed by atoms with Crippen LogP contribution in [0, 0.1) is 5.92 Å². The summed E-state index contributed by atoms with van der Waals surface area (Å²) in [5.74, 6) is 6.59. The average molecular weight is 183 g/mol. The van der Waals surface area contributed by atoms with Gasteiger partial charge in [-0.3, -0.25) is 16.4 Å². The second-order valence-electron chi connectivity index (χ2n) is 3.59. The number of anilines is 1. The number of aromatic nitrogens is 2. The van der Waals surface area contributed by atoms with Crippen LogP contribution in [0.25, 0.3) is 0 Å². The predicted octanol–water partition coefficient (Wildman–Crippen LogP) is 0.542. The standard InChI is InChI=1S/C8H17N5/c1-5(2)3-7(12-10)6-4-11-13-8(6)9/h4-5,7,12H,3,10H2,1-2H3,(H3,9,11,13). The van der Waals surface area contributed by atoms with E-state index in [4.69, 9.17) is 11.6 Å². The lowest BCUT2D eigenvalue weighted by atomic mass is 9.99. The van der Waals surface area contributed by atoms with Crippen LogP contribution in [0.1, 0.15) is 31.9 Å². The van der Waals surface area contributed by atoms with E-state index in [1.807, 2.05) is 0 Å². The molecule has 0 aromatic carbocycles. The van der Waals surface area contributed by atoms with E-state index in [2.05, 4.69) is 29.5 Å². The van der Waals surface area contributed by atoms with Gasteiger partial charge in [-0.2, -0.15) is 5.10 Å². The Morgan fingerprint density at radius 1 is 1.62 bits per heavy atom. The summed E-state index contributed by atoms with van der Waals surface area (Å²) in [4.78, 5) is 0. The Hall–Kier alpha value is -1.07. The molecule has 1 heterocycles. The molecule has 74 valence electrons. The smallest absolute Gasteiger partial charge is 0.123 e. The number of nitrogens with one attached hydrogen (secondary N) is 2. The molecule has 13 heavy (non-hydrogen) atoms. The molecule has 0 amide bonds. The van der Waals surface area contributed by atoms with Gasteiger partial charge in [-0.25, -0.2) is 0 Å². The molecule has 0 aliphatic heterocycles. The van der Waals surface area contributed by atoms with E-state index in [-0.39, 0.29) is 6.04 Å². The summed E-state index contributed by atoms with van der Waals surface area (Å²) >= 11 is 0. The van der Waals surface area contributed by atoms with Crippen LogP contribution in [-0.4, -0.2) is 10.2 Å². The Balaban J connectivity index is 2.72. The van der Waals surface area contributed by atoms with Gasteiger partial charge in [0.1, 0.15) is 5.82 Å². The number of rotatable bonds is 4. The van der Waals surface area contributed by atoms with E-state index >= 15 is 0 Å². The van der Waals surface area contributed by atoms with Crippen molar-refractivity contribution in [2.24, 2.45) is 11.8 Å². The highest BCUT2D eigenvalue weighted by atomic mass is 15.2. The van der Waals surface area contributed by atoms with E-state index in [1.54, 1.807) is 6.20 Å². The first-order valence-corrected chi connectivity index (χ1v) is 4.40. The number of hydrazine groups is 1. The minimum absolute atomic E-state index is 0.0822. The van der Waals surface area contributed by atoms with Gasteiger partial charge in [-0.05, 0) is 12.3 Å². The van der Waals surface area contributed by atoms with Crippen LogP contribution in [0.2, 0.25) is 0 Å². The second kappa shape index (κ2) is 4.25. The van der Waals surface area contributed by atoms with Gasteiger partial charge < -0.3 is 5.73 Å². The van der Waals surface area contributed by atoms with Crippen LogP contribution in [0.15, 0.2) is 6.20 Å². The monoisotopic (exact) mass is 183 g/mol. The molecule has 1 rings (SSSR count). The lowest BCUT2D eigenvalue weighted by molar-refractivity contribution is 0.439. The van der Waals surface area contributed by atoms with Crippen LogP contribution >= 0.6 is 0 Å². The summed E-state index contributed by atoms with van der Waals surface area (Å²) in [6.45, 7) is 4.28. The van der Waals surface area contributed by atoms with Crippen molar-refractivity contribution < 1.29 is 0 Å². The van der Waals surface area contributed by atoms with E-state index in [0.29, 0.717) is 11.7 Å². The molecule has 0 radical (unpaired) electrons. The van der Waals surface area contributed by atoms with Gasteiger partial charge in [0, 0.05) is 5.56 Å². The fraction of sp³-hybridized carbons (Fsp3) is 0.625. The number of aromatic amines is 1. The first kappa shape index (κ1) is 10.0. The topological polar surface area (TPSA) is 92.7 Å². The maximum atomic E-state index is 5.68. The molecule has 1 aromatic heterocycles. The molecule has 6 N–H and O–H groups in total. The van der Waals surface area contributed by atoms with Crippen molar-refractivity contribution in [2.75, 3.05) is 5.73 Å². The second-order valence-corrected chi connectivity index (χ2v) is 3.59. The molecule has 0 saturated carbocycles. The highest BCUT2D eigenvalue weighted by Crippen LogP contribution is 2.23. The molecule has 1 atom stereocenters. The minimum atomic E-state index is 0.0822. The number of hydrogen-bond donors (Lipinski definition) is 4. The van der Waals surface area contributed by atoms with Gasteiger partial charge in [0.05, 0.1) is 12.2 Å². The fourth-order valence-electron chi connectivity index (χ4n) is 1.34. The van der Waals surface area contributed by atoms with Gasteiger partial charge in [-0.1, -0.05) is 13.8 Å². The van der Waals surface area contributed by atoms with Crippen molar-refractivity contribution in [3.8, 4) is 0 Å². The molecule has 1 unspecified atom stereocenters. The number of nitrogen functional groups attached to an aromatic ring is 1. The Kier molecular flexibility index (Phi) is 3.27. The molecular formula is C8H17N5.